The van der Waals surface area contributed by atoms with E-state index in [1.807, 2.05) is 18.2 Å². The lowest BCUT2D eigenvalue weighted by Crippen LogP contribution is -2.21. The quantitative estimate of drug-likeness (QED) is 0.759. The smallest absolute Gasteiger partial charge is 0.0366 e. The maximum Gasteiger partial charge on any atom is 0.0366 e. The van der Waals surface area contributed by atoms with Crippen LogP contribution in [0.5, 0.6) is 0 Å². The third-order valence-corrected chi connectivity index (χ3v) is 3.10. The number of hydrogen-bond acceptors (Lipinski definition) is 1. The second kappa shape index (κ2) is 8.36. The van der Waals surface area contributed by atoms with Crippen molar-refractivity contribution in [2.45, 2.75) is 27.7 Å². The van der Waals surface area contributed by atoms with Gasteiger partial charge in [-0.15, -0.1) is 0 Å². The van der Waals surface area contributed by atoms with E-state index in [4.69, 9.17) is 0 Å². The van der Waals surface area contributed by atoms with Crippen LogP contribution >= 0.6 is 0 Å². The minimum atomic E-state index is 1.08. The van der Waals surface area contributed by atoms with Crippen LogP contribution in [0.4, 0.5) is 5.69 Å². The van der Waals surface area contributed by atoms with Crippen LogP contribution in [0, 0.1) is 13.8 Å². The van der Waals surface area contributed by atoms with E-state index >= 15 is 0 Å². The summed E-state index contributed by atoms with van der Waals surface area (Å²) in [5, 5.41) is 0. The second-order valence-electron chi connectivity index (χ2n) is 4.66. The predicted octanol–water partition coefficient (Wildman–Crippen LogP) is 4.84. The molecular weight excluding hydrogens is 230 g/mol. The van der Waals surface area contributed by atoms with Crippen molar-refractivity contribution in [2.24, 2.45) is 0 Å². The van der Waals surface area contributed by atoms with Gasteiger partial charge in [-0.3, -0.25) is 0 Å². The number of hydrogen-bond donors (Lipinski definition) is 0. The zero-order valence-corrected chi connectivity index (χ0v) is 12.6. The number of rotatable bonds is 3. The summed E-state index contributed by atoms with van der Waals surface area (Å²) in [5.74, 6) is 0. The van der Waals surface area contributed by atoms with E-state index in [2.05, 4.69) is 69.0 Å². The van der Waals surface area contributed by atoms with Crippen LogP contribution in [-0.2, 0) is 0 Å². The van der Waals surface area contributed by atoms with Gasteiger partial charge in [0.15, 0.2) is 0 Å². The lowest BCUT2D eigenvalue weighted by Gasteiger charge is -2.20. The third kappa shape index (κ3) is 5.60. The Balaban J connectivity index is 0.000000218. The molecule has 2 rings (SSSR count). The number of aryl methyl sites for hydroxylation is 2. The van der Waals surface area contributed by atoms with Crippen LogP contribution in [0.3, 0.4) is 0 Å². The minimum absolute atomic E-state index is 1.08. The summed E-state index contributed by atoms with van der Waals surface area (Å²) >= 11 is 0. The molecule has 2 aromatic carbocycles. The summed E-state index contributed by atoms with van der Waals surface area (Å²) in [6.45, 7) is 10.7. The highest BCUT2D eigenvalue weighted by Gasteiger charge is 1.98. The Morgan fingerprint density at radius 2 is 1.16 bits per heavy atom. The Morgan fingerprint density at radius 3 is 1.53 bits per heavy atom. The molecule has 0 fully saturated rings. The Morgan fingerprint density at radius 1 is 0.684 bits per heavy atom. The Hall–Kier alpha value is -1.76. The van der Waals surface area contributed by atoms with E-state index < -0.39 is 0 Å². The van der Waals surface area contributed by atoms with E-state index in [-0.39, 0.29) is 0 Å². The summed E-state index contributed by atoms with van der Waals surface area (Å²) in [6.07, 6.45) is 0. The summed E-state index contributed by atoms with van der Waals surface area (Å²) < 4.78 is 0. The highest BCUT2D eigenvalue weighted by Crippen LogP contribution is 2.13. The van der Waals surface area contributed by atoms with Crippen molar-refractivity contribution in [3.63, 3.8) is 0 Å². The van der Waals surface area contributed by atoms with Gasteiger partial charge in [-0.1, -0.05) is 53.6 Å². The molecular formula is C18H25N. The first kappa shape index (κ1) is 15.3. The van der Waals surface area contributed by atoms with Crippen molar-refractivity contribution in [2.75, 3.05) is 18.0 Å². The summed E-state index contributed by atoms with van der Waals surface area (Å²) in [7, 11) is 0. The Kier molecular flexibility index (Phi) is 6.73. The van der Waals surface area contributed by atoms with Gasteiger partial charge in [-0.05, 0) is 39.8 Å². The molecule has 0 aliphatic heterocycles. The normalized spacial score (nSPS) is 9.47. The lowest BCUT2D eigenvalue weighted by molar-refractivity contribution is 0.866. The molecule has 102 valence electrons. The zero-order chi connectivity index (χ0) is 14.1. The average molecular weight is 255 g/mol. The standard InChI is InChI=1S/C11H17N.C7H8/c1-4-12(5-2)11-8-6-10(3)7-9-11;1-7-5-3-2-4-6-7/h6-9H,4-5H2,1-3H3;2-6H,1H3. The molecule has 0 saturated heterocycles. The van der Waals surface area contributed by atoms with Crippen LogP contribution in [-0.4, -0.2) is 13.1 Å². The van der Waals surface area contributed by atoms with Crippen LogP contribution in [0.2, 0.25) is 0 Å². The minimum Gasteiger partial charge on any atom is -0.372 e. The van der Waals surface area contributed by atoms with E-state index in [0.717, 1.165) is 13.1 Å². The predicted molar refractivity (Wildman–Crippen MR) is 85.9 cm³/mol. The molecule has 0 atom stereocenters. The molecule has 0 N–H and O–H groups in total. The van der Waals surface area contributed by atoms with Crippen LogP contribution in [0.25, 0.3) is 0 Å². The van der Waals surface area contributed by atoms with Crippen LogP contribution < -0.4 is 4.90 Å². The first-order chi connectivity index (χ1) is 9.17. The van der Waals surface area contributed by atoms with Gasteiger partial charge in [0.2, 0.25) is 0 Å². The zero-order valence-electron chi connectivity index (χ0n) is 12.6. The van der Waals surface area contributed by atoms with E-state index in [1.54, 1.807) is 0 Å². The molecule has 0 aliphatic rings. The van der Waals surface area contributed by atoms with E-state index in [9.17, 15) is 0 Å². The van der Waals surface area contributed by atoms with Gasteiger partial charge in [0.25, 0.3) is 0 Å². The molecule has 2 aromatic rings. The van der Waals surface area contributed by atoms with Gasteiger partial charge in [-0.2, -0.15) is 0 Å². The number of anilines is 1. The maximum absolute atomic E-state index is 2.35. The molecule has 0 amide bonds. The van der Waals surface area contributed by atoms with Crippen molar-refractivity contribution in [3.05, 3.63) is 65.7 Å². The average Bonchev–Trinajstić information content (AvgIpc) is 2.44. The van der Waals surface area contributed by atoms with Gasteiger partial charge >= 0.3 is 0 Å². The van der Waals surface area contributed by atoms with Crippen LogP contribution in [0.15, 0.2) is 54.6 Å². The van der Waals surface area contributed by atoms with E-state index in [0.29, 0.717) is 0 Å². The first-order valence-corrected chi connectivity index (χ1v) is 7.00. The molecule has 0 unspecified atom stereocenters. The molecule has 0 aliphatic carbocycles. The maximum atomic E-state index is 2.35. The van der Waals surface area contributed by atoms with Crippen molar-refractivity contribution < 1.29 is 0 Å². The molecule has 0 radical (unpaired) electrons. The SMILES string of the molecule is CCN(CC)c1ccc(C)cc1.Cc1ccccc1. The molecule has 0 heterocycles. The van der Waals surface area contributed by atoms with Gasteiger partial charge in [0.05, 0.1) is 0 Å². The summed E-state index contributed by atoms with van der Waals surface area (Å²) in [5.41, 5.74) is 3.97. The van der Waals surface area contributed by atoms with Gasteiger partial charge in [0.1, 0.15) is 0 Å². The van der Waals surface area contributed by atoms with Crippen molar-refractivity contribution in [3.8, 4) is 0 Å². The van der Waals surface area contributed by atoms with Gasteiger partial charge < -0.3 is 4.90 Å². The molecule has 1 heteroatoms. The fraction of sp³-hybridized carbons (Fsp3) is 0.333. The fourth-order valence-corrected chi connectivity index (χ4v) is 1.88. The van der Waals surface area contributed by atoms with Crippen molar-refractivity contribution in [1.82, 2.24) is 0 Å². The van der Waals surface area contributed by atoms with Crippen molar-refractivity contribution >= 4 is 5.69 Å². The lowest BCUT2D eigenvalue weighted by atomic mass is 10.2. The number of benzene rings is 2. The third-order valence-electron chi connectivity index (χ3n) is 3.10. The Labute approximate surface area is 117 Å². The van der Waals surface area contributed by atoms with Crippen LogP contribution in [0.1, 0.15) is 25.0 Å². The molecule has 19 heavy (non-hydrogen) atoms. The van der Waals surface area contributed by atoms with Gasteiger partial charge in [-0.25, -0.2) is 0 Å². The molecule has 0 bridgehead atoms. The van der Waals surface area contributed by atoms with Crippen molar-refractivity contribution in [1.29, 1.82) is 0 Å². The van der Waals surface area contributed by atoms with Gasteiger partial charge in [0, 0.05) is 18.8 Å². The monoisotopic (exact) mass is 255 g/mol. The second-order valence-corrected chi connectivity index (χ2v) is 4.66. The molecule has 0 saturated carbocycles. The fourth-order valence-electron chi connectivity index (χ4n) is 1.88. The number of nitrogens with zero attached hydrogens (tertiary/aromatic N) is 1. The molecule has 0 aromatic heterocycles. The highest BCUT2D eigenvalue weighted by molar-refractivity contribution is 5.47. The Bertz CT molecular complexity index is 441. The largest absolute Gasteiger partial charge is 0.372 e. The highest BCUT2D eigenvalue weighted by atomic mass is 15.1. The van der Waals surface area contributed by atoms with E-state index in [1.165, 1.54) is 16.8 Å². The first-order valence-electron chi connectivity index (χ1n) is 7.00. The molecule has 1 nitrogen and oxygen atoms in total. The topological polar surface area (TPSA) is 3.24 Å². The summed E-state index contributed by atoms with van der Waals surface area (Å²) in [4.78, 5) is 2.35. The summed E-state index contributed by atoms with van der Waals surface area (Å²) in [6, 6.07) is 18.9. The molecule has 0 spiro atoms.